The molecule has 2 aromatic heterocycles. The molecule has 3 heterocycles. The molecule has 0 aliphatic carbocycles. The minimum Gasteiger partial charge on any atom is -0.463 e. The third-order valence-electron chi connectivity index (χ3n) is 8.13. The number of sulfonamides is 1. The Balaban J connectivity index is 1.72. The zero-order valence-electron chi connectivity index (χ0n) is 29.6. The van der Waals surface area contributed by atoms with E-state index in [0.717, 1.165) is 37.8 Å². The maximum absolute atomic E-state index is 14.6. The highest BCUT2D eigenvalue weighted by molar-refractivity contribution is 7.92. The molecule has 54 heavy (non-hydrogen) atoms. The highest BCUT2D eigenvalue weighted by atomic mass is 32.2. The summed E-state index contributed by atoms with van der Waals surface area (Å²) in [5.41, 5.74) is 0.549. The Morgan fingerprint density at radius 2 is 1.48 bits per heavy atom. The van der Waals surface area contributed by atoms with Crippen molar-refractivity contribution in [2.24, 2.45) is 0 Å². The second-order valence-electron chi connectivity index (χ2n) is 12.2. The molecule has 1 aliphatic rings. The number of aromatic nitrogens is 1. The zero-order valence-corrected chi connectivity index (χ0v) is 31.3. The largest absolute Gasteiger partial charge is 0.463 e. The van der Waals surface area contributed by atoms with Gasteiger partial charge in [0.25, 0.3) is 15.6 Å². The summed E-state index contributed by atoms with van der Waals surface area (Å²) in [7, 11) is -3.97. The lowest BCUT2D eigenvalue weighted by molar-refractivity contribution is -0.268. The van der Waals surface area contributed by atoms with Gasteiger partial charge < -0.3 is 23.7 Å². The minimum atomic E-state index is -3.97. The van der Waals surface area contributed by atoms with Crippen LogP contribution in [0.3, 0.4) is 0 Å². The molecular formula is C37H35N3O12S2. The van der Waals surface area contributed by atoms with E-state index < -0.39 is 76.7 Å². The van der Waals surface area contributed by atoms with Crippen molar-refractivity contribution in [1.82, 2.24) is 4.57 Å². The molecule has 0 bridgehead atoms. The van der Waals surface area contributed by atoms with Gasteiger partial charge in [0.15, 0.2) is 24.5 Å². The topological polar surface area (TPSA) is 206 Å². The van der Waals surface area contributed by atoms with Crippen molar-refractivity contribution >= 4 is 50.9 Å². The molecule has 282 valence electrons. The van der Waals surface area contributed by atoms with Crippen molar-refractivity contribution in [3.05, 3.63) is 93.6 Å². The average Bonchev–Trinajstić information content (AvgIpc) is 3.64. The van der Waals surface area contributed by atoms with Gasteiger partial charge in [0.1, 0.15) is 24.3 Å². The van der Waals surface area contributed by atoms with Gasteiger partial charge in [-0.3, -0.25) is 33.3 Å². The van der Waals surface area contributed by atoms with Crippen LogP contribution < -0.4 is 10.3 Å². The van der Waals surface area contributed by atoms with E-state index >= 15 is 0 Å². The van der Waals surface area contributed by atoms with Gasteiger partial charge in [-0.15, -0.1) is 11.3 Å². The van der Waals surface area contributed by atoms with Crippen molar-refractivity contribution in [2.75, 3.05) is 11.3 Å². The van der Waals surface area contributed by atoms with E-state index in [-0.39, 0.29) is 27.4 Å². The first-order chi connectivity index (χ1) is 25.6. The summed E-state index contributed by atoms with van der Waals surface area (Å²) < 4.78 is 58.0. The highest BCUT2D eigenvalue weighted by Crippen LogP contribution is 2.39. The number of aryl methyl sites for hydroxylation is 1. The molecule has 1 N–H and O–H groups in total. The lowest BCUT2D eigenvalue weighted by Gasteiger charge is -2.45. The molecule has 0 spiro atoms. The number of anilines is 1. The molecule has 1 fully saturated rings. The summed E-state index contributed by atoms with van der Waals surface area (Å²) in [6, 6.07) is 19.2. The SMILES string of the molecule is CC(=O)OC[C@H]1O[C@@H](n2c(-c3ccc(NS(=O)(=O)c4ccc(C)cc4)cc3)cc(-c3cccs3)c(C#N)c2=O)[C@H](OC(C)=O)[C@@H](OC(C)=O)[C@@H]1OC(C)=O. The van der Waals surface area contributed by atoms with Gasteiger partial charge in [0.2, 0.25) is 0 Å². The number of hydrogen-bond donors (Lipinski definition) is 1. The van der Waals surface area contributed by atoms with Crippen molar-refractivity contribution in [1.29, 1.82) is 5.26 Å². The van der Waals surface area contributed by atoms with Crippen LogP contribution in [0, 0.1) is 18.3 Å². The monoisotopic (exact) mass is 777 g/mol. The summed E-state index contributed by atoms with van der Waals surface area (Å²) in [5.74, 6) is -3.33. The molecule has 2 aromatic carbocycles. The van der Waals surface area contributed by atoms with Crippen LogP contribution in [0.1, 0.15) is 45.0 Å². The van der Waals surface area contributed by atoms with Gasteiger partial charge in [-0.1, -0.05) is 35.9 Å². The van der Waals surface area contributed by atoms with E-state index in [1.165, 1.54) is 47.7 Å². The molecule has 0 radical (unpaired) electrons. The van der Waals surface area contributed by atoms with Crippen LogP contribution in [0.25, 0.3) is 21.7 Å². The first kappa shape index (κ1) is 39.4. The van der Waals surface area contributed by atoms with E-state index in [4.69, 9.17) is 23.7 Å². The molecule has 5 rings (SSSR count). The van der Waals surface area contributed by atoms with Crippen LogP contribution in [-0.4, -0.2) is 67.9 Å². The van der Waals surface area contributed by atoms with Gasteiger partial charge >= 0.3 is 23.9 Å². The number of thiophene rings is 1. The summed E-state index contributed by atoms with van der Waals surface area (Å²) in [5, 5.41) is 12.1. The molecule has 0 unspecified atom stereocenters. The predicted octanol–water partition coefficient (Wildman–Crippen LogP) is 4.48. The summed E-state index contributed by atoms with van der Waals surface area (Å²) >= 11 is 1.27. The van der Waals surface area contributed by atoms with E-state index in [2.05, 4.69) is 4.72 Å². The fraction of sp³-hybridized carbons (Fsp3) is 0.297. The molecule has 17 heteroatoms. The lowest BCUT2D eigenvalue weighted by atomic mass is 9.95. The Morgan fingerprint density at radius 3 is 2.04 bits per heavy atom. The van der Waals surface area contributed by atoms with Crippen molar-refractivity contribution in [3.63, 3.8) is 0 Å². The van der Waals surface area contributed by atoms with Crippen LogP contribution >= 0.6 is 11.3 Å². The number of nitrogens with one attached hydrogen (secondary N) is 1. The number of hydrogen-bond acceptors (Lipinski definition) is 14. The molecule has 0 amide bonds. The van der Waals surface area contributed by atoms with E-state index in [1.54, 1.807) is 35.7 Å². The fourth-order valence-electron chi connectivity index (χ4n) is 5.89. The first-order valence-corrected chi connectivity index (χ1v) is 18.7. The number of benzene rings is 2. The number of esters is 4. The summed E-state index contributed by atoms with van der Waals surface area (Å²) in [4.78, 5) is 64.4. The Hall–Kier alpha value is -5.83. The molecule has 1 saturated heterocycles. The Kier molecular flexibility index (Phi) is 12.0. The smallest absolute Gasteiger partial charge is 0.303 e. The number of nitrogens with zero attached hydrogens (tertiary/aromatic N) is 2. The lowest BCUT2D eigenvalue weighted by Crippen LogP contribution is -2.61. The molecule has 5 atom stereocenters. The Morgan fingerprint density at radius 1 is 0.870 bits per heavy atom. The van der Waals surface area contributed by atoms with Crippen LogP contribution in [-0.2, 0) is 52.9 Å². The maximum Gasteiger partial charge on any atom is 0.303 e. The third-order valence-corrected chi connectivity index (χ3v) is 10.4. The maximum atomic E-state index is 14.6. The predicted molar refractivity (Wildman–Crippen MR) is 193 cm³/mol. The number of pyridine rings is 1. The molecule has 1 aliphatic heterocycles. The Bertz CT molecular complexity index is 2260. The number of ether oxygens (including phenoxy) is 5. The van der Waals surface area contributed by atoms with Crippen molar-refractivity contribution < 1.29 is 51.3 Å². The number of rotatable bonds is 11. The third kappa shape index (κ3) is 8.85. The van der Waals surface area contributed by atoms with Gasteiger partial charge in [-0.2, -0.15) is 5.26 Å². The summed E-state index contributed by atoms with van der Waals surface area (Å²) in [6.45, 7) is 5.62. The normalized spacial score (nSPS) is 19.5. The first-order valence-electron chi connectivity index (χ1n) is 16.3. The molecule has 0 saturated carbocycles. The Labute approximate surface area is 314 Å². The number of carbonyl (C=O) groups excluding carboxylic acids is 4. The van der Waals surface area contributed by atoms with Gasteiger partial charge in [0.05, 0.1) is 10.6 Å². The van der Waals surface area contributed by atoms with E-state index in [1.807, 2.05) is 13.0 Å². The van der Waals surface area contributed by atoms with Crippen LogP contribution in [0.5, 0.6) is 0 Å². The number of carbonyl (C=O) groups is 4. The van der Waals surface area contributed by atoms with Crippen molar-refractivity contribution in [3.8, 4) is 27.8 Å². The second kappa shape index (κ2) is 16.5. The average molecular weight is 778 g/mol. The second-order valence-corrected chi connectivity index (χ2v) is 14.8. The van der Waals surface area contributed by atoms with Gasteiger partial charge in [0, 0.05) is 43.8 Å². The number of nitriles is 1. The van der Waals surface area contributed by atoms with Crippen LogP contribution in [0.4, 0.5) is 5.69 Å². The van der Waals surface area contributed by atoms with Crippen LogP contribution in [0.15, 0.2) is 81.8 Å². The highest BCUT2D eigenvalue weighted by Gasteiger charge is 2.53. The quantitative estimate of drug-likeness (QED) is 0.165. The van der Waals surface area contributed by atoms with Gasteiger partial charge in [-0.05, 0) is 54.3 Å². The standard InChI is InChI=1S/C37H35N3O12S2/c1-20-8-14-27(15-9-20)54(46,47)39-26-12-10-25(11-13-26)30-17-28(32-7-6-16-53-32)29(18-38)36(45)40(30)37-35(51-24(5)44)34(50-23(4)43)33(49-22(3)42)31(52-37)19-48-21(2)41/h6-17,31,33-35,37,39H,19H2,1-5H3/t31-,33-,34+,35-,37-/m1/s1. The molecular weight excluding hydrogens is 743 g/mol. The minimum absolute atomic E-state index is 0.0438. The van der Waals surface area contributed by atoms with E-state index in [0.29, 0.717) is 10.4 Å². The van der Waals surface area contributed by atoms with Crippen LogP contribution in [0.2, 0.25) is 0 Å². The summed E-state index contributed by atoms with van der Waals surface area (Å²) in [6.07, 6.45) is -7.83. The zero-order chi connectivity index (χ0) is 39.3. The fourth-order valence-corrected chi connectivity index (χ4v) is 7.69. The molecule has 4 aromatic rings. The van der Waals surface area contributed by atoms with Gasteiger partial charge in [-0.25, -0.2) is 8.42 Å². The van der Waals surface area contributed by atoms with Crippen molar-refractivity contribution in [2.45, 2.75) is 70.2 Å². The molecule has 15 nitrogen and oxygen atoms in total. The van der Waals surface area contributed by atoms with E-state index in [9.17, 15) is 37.7 Å².